The Labute approximate surface area is 92.4 Å². The van der Waals surface area contributed by atoms with E-state index in [9.17, 15) is 0 Å². The van der Waals surface area contributed by atoms with Crippen molar-refractivity contribution >= 4 is 22.9 Å². The standard InChI is InChI=1S/C11H10ClNS/c1-8-6-9(2-3-10(8)7-12)11-13-4-5-14-11/h2-6H,7H2,1H3. The summed E-state index contributed by atoms with van der Waals surface area (Å²) in [6.07, 6.45) is 1.82. The molecule has 1 aromatic carbocycles. The van der Waals surface area contributed by atoms with E-state index in [-0.39, 0.29) is 0 Å². The number of halogens is 1. The lowest BCUT2D eigenvalue weighted by Crippen LogP contribution is -1.85. The molecule has 0 aliphatic heterocycles. The predicted molar refractivity (Wildman–Crippen MR) is 61.8 cm³/mol. The Morgan fingerprint density at radius 1 is 1.43 bits per heavy atom. The predicted octanol–water partition coefficient (Wildman–Crippen LogP) is 3.86. The fourth-order valence-electron chi connectivity index (χ4n) is 1.34. The topological polar surface area (TPSA) is 12.9 Å². The quantitative estimate of drug-likeness (QED) is 0.705. The van der Waals surface area contributed by atoms with Gasteiger partial charge in [-0.2, -0.15) is 0 Å². The van der Waals surface area contributed by atoms with Crippen LogP contribution < -0.4 is 0 Å². The lowest BCUT2D eigenvalue weighted by molar-refractivity contribution is 1.29. The molecule has 0 amide bonds. The maximum Gasteiger partial charge on any atom is 0.123 e. The molecule has 0 saturated heterocycles. The highest BCUT2D eigenvalue weighted by Gasteiger charge is 2.02. The Kier molecular flexibility index (Phi) is 2.85. The summed E-state index contributed by atoms with van der Waals surface area (Å²) in [5.41, 5.74) is 3.59. The first kappa shape index (κ1) is 9.69. The number of nitrogens with zero attached hydrogens (tertiary/aromatic N) is 1. The minimum Gasteiger partial charge on any atom is -0.245 e. The lowest BCUT2D eigenvalue weighted by atomic mass is 10.1. The van der Waals surface area contributed by atoms with Gasteiger partial charge in [-0.25, -0.2) is 4.98 Å². The SMILES string of the molecule is Cc1cc(-c2nccs2)ccc1CCl. The highest BCUT2D eigenvalue weighted by Crippen LogP contribution is 2.24. The number of hydrogen-bond acceptors (Lipinski definition) is 2. The van der Waals surface area contributed by atoms with Gasteiger partial charge in [-0.1, -0.05) is 12.1 Å². The van der Waals surface area contributed by atoms with Crippen molar-refractivity contribution < 1.29 is 0 Å². The van der Waals surface area contributed by atoms with Gasteiger partial charge in [0, 0.05) is 23.0 Å². The molecule has 72 valence electrons. The molecular weight excluding hydrogens is 214 g/mol. The lowest BCUT2D eigenvalue weighted by Gasteiger charge is -2.03. The largest absolute Gasteiger partial charge is 0.245 e. The first-order valence-corrected chi connectivity index (χ1v) is 5.78. The van der Waals surface area contributed by atoms with Crippen molar-refractivity contribution in [2.24, 2.45) is 0 Å². The maximum absolute atomic E-state index is 5.80. The summed E-state index contributed by atoms with van der Waals surface area (Å²) >= 11 is 7.45. The summed E-state index contributed by atoms with van der Waals surface area (Å²) in [4.78, 5) is 4.27. The minimum atomic E-state index is 0.573. The Balaban J connectivity index is 2.43. The van der Waals surface area contributed by atoms with Crippen LogP contribution in [0.4, 0.5) is 0 Å². The summed E-state index contributed by atoms with van der Waals surface area (Å²) < 4.78 is 0. The molecule has 0 aliphatic rings. The van der Waals surface area contributed by atoms with E-state index in [0.29, 0.717) is 5.88 Å². The molecule has 2 rings (SSSR count). The van der Waals surface area contributed by atoms with Crippen molar-refractivity contribution in [1.82, 2.24) is 4.98 Å². The monoisotopic (exact) mass is 223 g/mol. The van der Waals surface area contributed by atoms with Crippen LogP contribution in [0.25, 0.3) is 10.6 Å². The average Bonchev–Trinajstić information content (AvgIpc) is 2.70. The van der Waals surface area contributed by atoms with Crippen LogP contribution >= 0.6 is 22.9 Å². The molecular formula is C11H10ClNS. The van der Waals surface area contributed by atoms with E-state index in [1.807, 2.05) is 11.6 Å². The fraction of sp³-hybridized carbons (Fsp3) is 0.182. The molecule has 2 aromatic rings. The van der Waals surface area contributed by atoms with Crippen molar-refractivity contribution in [3.05, 3.63) is 40.9 Å². The molecule has 0 radical (unpaired) electrons. The molecule has 0 atom stereocenters. The molecule has 14 heavy (non-hydrogen) atoms. The number of alkyl halides is 1. The van der Waals surface area contributed by atoms with Gasteiger partial charge in [-0.05, 0) is 24.1 Å². The summed E-state index contributed by atoms with van der Waals surface area (Å²) in [7, 11) is 0. The number of aryl methyl sites for hydroxylation is 1. The van der Waals surface area contributed by atoms with Gasteiger partial charge in [0.1, 0.15) is 5.01 Å². The summed E-state index contributed by atoms with van der Waals surface area (Å²) in [6, 6.07) is 6.28. The van der Waals surface area contributed by atoms with E-state index in [4.69, 9.17) is 11.6 Å². The van der Waals surface area contributed by atoms with Crippen LogP contribution in [-0.4, -0.2) is 4.98 Å². The Hall–Kier alpha value is -0.860. The number of rotatable bonds is 2. The van der Waals surface area contributed by atoms with Crippen LogP contribution in [0, 0.1) is 6.92 Å². The minimum absolute atomic E-state index is 0.573. The Bertz CT molecular complexity index is 423. The van der Waals surface area contributed by atoms with Crippen molar-refractivity contribution in [2.75, 3.05) is 0 Å². The van der Waals surface area contributed by atoms with Gasteiger partial charge in [0.2, 0.25) is 0 Å². The average molecular weight is 224 g/mol. The molecule has 3 heteroatoms. The molecule has 0 unspecified atom stereocenters. The second-order valence-electron chi connectivity index (χ2n) is 3.11. The van der Waals surface area contributed by atoms with Gasteiger partial charge in [-0.15, -0.1) is 22.9 Å². The first-order valence-electron chi connectivity index (χ1n) is 4.36. The number of hydrogen-bond donors (Lipinski definition) is 0. The van der Waals surface area contributed by atoms with Gasteiger partial charge in [0.05, 0.1) is 0 Å². The second-order valence-corrected chi connectivity index (χ2v) is 4.27. The molecule has 1 nitrogen and oxygen atoms in total. The summed E-state index contributed by atoms with van der Waals surface area (Å²) in [6.45, 7) is 2.08. The fourth-order valence-corrected chi connectivity index (χ4v) is 2.28. The van der Waals surface area contributed by atoms with E-state index in [0.717, 1.165) is 5.01 Å². The van der Waals surface area contributed by atoms with Crippen LogP contribution in [-0.2, 0) is 5.88 Å². The van der Waals surface area contributed by atoms with E-state index in [2.05, 4.69) is 30.1 Å². The molecule has 1 aromatic heterocycles. The van der Waals surface area contributed by atoms with Crippen LogP contribution in [0.2, 0.25) is 0 Å². The van der Waals surface area contributed by atoms with Gasteiger partial charge in [0.15, 0.2) is 0 Å². The van der Waals surface area contributed by atoms with Gasteiger partial charge in [-0.3, -0.25) is 0 Å². The molecule has 0 fully saturated rings. The first-order chi connectivity index (χ1) is 6.81. The smallest absolute Gasteiger partial charge is 0.123 e. The van der Waals surface area contributed by atoms with Crippen LogP contribution in [0.1, 0.15) is 11.1 Å². The highest BCUT2D eigenvalue weighted by molar-refractivity contribution is 7.13. The van der Waals surface area contributed by atoms with Gasteiger partial charge >= 0.3 is 0 Å². The zero-order chi connectivity index (χ0) is 9.97. The highest BCUT2D eigenvalue weighted by atomic mass is 35.5. The van der Waals surface area contributed by atoms with Crippen LogP contribution in [0.15, 0.2) is 29.8 Å². The zero-order valence-electron chi connectivity index (χ0n) is 7.83. The Morgan fingerprint density at radius 2 is 2.29 bits per heavy atom. The third kappa shape index (κ3) is 1.81. The molecule has 0 saturated carbocycles. The van der Waals surface area contributed by atoms with E-state index in [1.54, 1.807) is 11.3 Å². The van der Waals surface area contributed by atoms with Gasteiger partial charge in [0.25, 0.3) is 0 Å². The molecule has 1 heterocycles. The molecule has 0 bridgehead atoms. The number of benzene rings is 1. The van der Waals surface area contributed by atoms with Crippen LogP contribution in [0.3, 0.4) is 0 Å². The summed E-state index contributed by atoms with van der Waals surface area (Å²) in [5.74, 6) is 0.573. The number of aromatic nitrogens is 1. The third-order valence-electron chi connectivity index (χ3n) is 2.17. The van der Waals surface area contributed by atoms with Crippen molar-refractivity contribution in [1.29, 1.82) is 0 Å². The van der Waals surface area contributed by atoms with Crippen molar-refractivity contribution in [2.45, 2.75) is 12.8 Å². The maximum atomic E-state index is 5.80. The molecule has 0 N–H and O–H groups in total. The van der Waals surface area contributed by atoms with Crippen molar-refractivity contribution in [3.8, 4) is 10.6 Å². The normalized spacial score (nSPS) is 10.4. The van der Waals surface area contributed by atoms with E-state index < -0.39 is 0 Å². The summed E-state index contributed by atoms with van der Waals surface area (Å²) in [5, 5.41) is 3.05. The zero-order valence-corrected chi connectivity index (χ0v) is 9.40. The van der Waals surface area contributed by atoms with Crippen molar-refractivity contribution in [3.63, 3.8) is 0 Å². The second kappa shape index (κ2) is 4.11. The van der Waals surface area contributed by atoms with Crippen LogP contribution in [0.5, 0.6) is 0 Å². The van der Waals surface area contributed by atoms with Gasteiger partial charge < -0.3 is 0 Å². The third-order valence-corrected chi connectivity index (χ3v) is 3.28. The van der Waals surface area contributed by atoms with E-state index in [1.165, 1.54) is 16.7 Å². The number of thiazole rings is 1. The molecule has 0 spiro atoms. The Morgan fingerprint density at radius 3 is 2.86 bits per heavy atom. The molecule has 0 aliphatic carbocycles. The van der Waals surface area contributed by atoms with E-state index >= 15 is 0 Å².